The van der Waals surface area contributed by atoms with Crippen molar-refractivity contribution in [3.8, 4) is 0 Å². The predicted octanol–water partition coefficient (Wildman–Crippen LogP) is 4.50. The summed E-state index contributed by atoms with van der Waals surface area (Å²) in [7, 11) is 0. The number of likely N-dealkylation sites (tertiary alicyclic amines) is 1. The third-order valence-corrected chi connectivity index (χ3v) is 6.60. The molecule has 1 saturated heterocycles. The zero-order valence-corrected chi connectivity index (χ0v) is 18.7. The number of benzene rings is 2. The van der Waals surface area contributed by atoms with Crippen LogP contribution in [0.3, 0.4) is 0 Å². The number of carbonyl (C=O) groups is 3. The van der Waals surface area contributed by atoms with Crippen molar-refractivity contribution in [2.75, 3.05) is 18.4 Å². The van der Waals surface area contributed by atoms with Crippen molar-refractivity contribution in [2.45, 2.75) is 44.6 Å². The highest BCUT2D eigenvalue weighted by Crippen LogP contribution is 2.23. The largest absolute Gasteiger partial charge is 0.353 e. The van der Waals surface area contributed by atoms with Crippen LogP contribution in [0.5, 0.6) is 0 Å². The number of halogens is 1. The van der Waals surface area contributed by atoms with Gasteiger partial charge in [0, 0.05) is 46.9 Å². The van der Waals surface area contributed by atoms with E-state index in [0.717, 1.165) is 12.8 Å². The zero-order valence-electron chi connectivity index (χ0n) is 18.0. The number of hydrogen-bond acceptors (Lipinski definition) is 3. The number of hydrogen-bond donors (Lipinski definition) is 2. The van der Waals surface area contributed by atoms with Gasteiger partial charge in [0.2, 0.25) is 5.91 Å². The highest BCUT2D eigenvalue weighted by atomic mass is 35.5. The summed E-state index contributed by atoms with van der Waals surface area (Å²) in [6, 6.07) is 13.9. The van der Waals surface area contributed by atoms with Gasteiger partial charge in [-0.05, 0) is 74.2 Å². The molecule has 6 nitrogen and oxygen atoms in total. The first-order valence-corrected chi connectivity index (χ1v) is 11.6. The molecule has 0 unspecified atom stereocenters. The van der Waals surface area contributed by atoms with Crippen LogP contribution in [0.25, 0.3) is 0 Å². The summed E-state index contributed by atoms with van der Waals surface area (Å²) in [5.74, 6) is -0.149. The van der Waals surface area contributed by atoms with E-state index in [1.54, 1.807) is 53.4 Å². The third kappa shape index (κ3) is 5.49. The van der Waals surface area contributed by atoms with Crippen LogP contribution in [-0.2, 0) is 4.79 Å². The number of anilines is 1. The van der Waals surface area contributed by atoms with Crippen LogP contribution < -0.4 is 10.6 Å². The van der Waals surface area contributed by atoms with E-state index >= 15 is 0 Å². The summed E-state index contributed by atoms with van der Waals surface area (Å²) < 4.78 is 0. The minimum Gasteiger partial charge on any atom is -0.353 e. The molecule has 0 bridgehead atoms. The van der Waals surface area contributed by atoms with Crippen LogP contribution in [-0.4, -0.2) is 41.8 Å². The molecule has 1 heterocycles. The lowest BCUT2D eigenvalue weighted by molar-refractivity contribution is -0.127. The van der Waals surface area contributed by atoms with E-state index in [4.69, 9.17) is 11.6 Å². The number of rotatable bonds is 5. The second-order valence-electron chi connectivity index (χ2n) is 8.59. The Morgan fingerprint density at radius 2 is 1.41 bits per heavy atom. The Labute approximate surface area is 193 Å². The Morgan fingerprint density at radius 3 is 2.03 bits per heavy atom. The van der Waals surface area contributed by atoms with Crippen molar-refractivity contribution in [3.05, 3.63) is 64.7 Å². The van der Waals surface area contributed by atoms with Crippen molar-refractivity contribution in [2.24, 2.45) is 5.92 Å². The molecule has 1 saturated carbocycles. The average molecular weight is 454 g/mol. The van der Waals surface area contributed by atoms with Gasteiger partial charge in [0.25, 0.3) is 11.8 Å². The number of nitrogens with zero attached hydrogens (tertiary/aromatic N) is 1. The van der Waals surface area contributed by atoms with Gasteiger partial charge in [0.1, 0.15) is 0 Å². The molecule has 0 spiro atoms. The van der Waals surface area contributed by atoms with E-state index in [9.17, 15) is 14.4 Å². The molecule has 1 aliphatic heterocycles. The molecule has 3 amide bonds. The van der Waals surface area contributed by atoms with E-state index in [2.05, 4.69) is 10.6 Å². The quantitative estimate of drug-likeness (QED) is 0.699. The normalized spacial score (nSPS) is 17.2. The topological polar surface area (TPSA) is 78.5 Å². The molecule has 2 N–H and O–H groups in total. The fourth-order valence-electron chi connectivity index (χ4n) is 4.42. The fraction of sp³-hybridized carbons (Fsp3) is 0.400. The van der Waals surface area contributed by atoms with Gasteiger partial charge in [-0.2, -0.15) is 0 Å². The summed E-state index contributed by atoms with van der Waals surface area (Å²) in [5.41, 5.74) is 1.70. The summed E-state index contributed by atoms with van der Waals surface area (Å²) in [6.45, 7) is 1.16. The van der Waals surface area contributed by atoms with Crippen molar-refractivity contribution in [1.82, 2.24) is 10.2 Å². The van der Waals surface area contributed by atoms with Gasteiger partial charge in [0.05, 0.1) is 0 Å². The van der Waals surface area contributed by atoms with Crippen molar-refractivity contribution in [3.63, 3.8) is 0 Å². The Bertz CT molecular complexity index is 961. The summed E-state index contributed by atoms with van der Waals surface area (Å²) in [5, 5.41) is 6.57. The lowest BCUT2D eigenvalue weighted by Gasteiger charge is -2.32. The monoisotopic (exact) mass is 453 g/mol. The molecule has 2 fully saturated rings. The van der Waals surface area contributed by atoms with E-state index in [-0.39, 0.29) is 23.6 Å². The first kappa shape index (κ1) is 22.3. The summed E-state index contributed by atoms with van der Waals surface area (Å²) >= 11 is 5.86. The smallest absolute Gasteiger partial charge is 0.255 e. The van der Waals surface area contributed by atoms with Gasteiger partial charge in [-0.15, -0.1) is 0 Å². The van der Waals surface area contributed by atoms with Crippen LogP contribution in [0.2, 0.25) is 5.02 Å². The standard InChI is InChI=1S/C25H28ClN3O3/c26-20-9-5-17(6-10-20)23(30)28-22-11-7-19(8-12-22)25(32)29-15-13-18(14-16-29)24(31)27-21-3-1-2-4-21/h5-12,18,21H,1-4,13-16H2,(H,27,31)(H,28,30). The molecular weight excluding hydrogens is 426 g/mol. The number of amides is 3. The van der Waals surface area contributed by atoms with Crippen molar-refractivity contribution in [1.29, 1.82) is 0 Å². The molecule has 0 radical (unpaired) electrons. The minimum atomic E-state index is -0.237. The fourth-order valence-corrected chi connectivity index (χ4v) is 4.54. The zero-order chi connectivity index (χ0) is 22.5. The molecule has 2 aromatic rings. The highest BCUT2D eigenvalue weighted by Gasteiger charge is 2.29. The maximum atomic E-state index is 12.9. The first-order valence-electron chi connectivity index (χ1n) is 11.3. The lowest BCUT2D eigenvalue weighted by atomic mass is 9.95. The van der Waals surface area contributed by atoms with Gasteiger partial charge >= 0.3 is 0 Å². The van der Waals surface area contributed by atoms with Crippen LogP contribution >= 0.6 is 11.6 Å². The van der Waals surface area contributed by atoms with Gasteiger partial charge in [0.15, 0.2) is 0 Å². The highest BCUT2D eigenvalue weighted by molar-refractivity contribution is 6.30. The molecule has 2 aliphatic rings. The van der Waals surface area contributed by atoms with Crippen LogP contribution in [0.4, 0.5) is 5.69 Å². The molecule has 32 heavy (non-hydrogen) atoms. The number of carbonyl (C=O) groups excluding carboxylic acids is 3. The number of nitrogens with one attached hydrogen (secondary N) is 2. The van der Waals surface area contributed by atoms with E-state index < -0.39 is 0 Å². The van der Waals surface area contributed by atoms with Crippen LogP contribution in [0.1, 0.15) is 59.2 Å². The van der Waals surface area contributed by atoms with Crippen LogP contribution in [0.15, 0.2) is 48.5 Å². The van der Waals surface area contributed by atoms with Crippen LogP contribution in [0, 0.1) is 5.92 Å². The van der Waals surface area contributed by atoms with Gasteiger partial charge in [-0.3, -0.25) is 14.4 Å². The average Bonchev–Trinajstić information content (AvgIpc) is 3.32. The Morgan fingerprint density at radius 1 is 0.812 bits per heavy atom. The minimum absolute atomic E-state index is 0.00916. The maximum absolute atomic E-state index is 12.9. The molecular formula is C25H28ClN3O3. The van der Waals surface area contributed by atoms with Gasteiger partial charge in [-0.25, -0.2) is 0 Å². The third-order valence-electron chi connectivity index (χ3n) is 6.35. The molecule has 0 aromatic heterocycles. The second kappa shape index (κ2) is 10.2. The van der Waals surface area contributed by atoms with E-state index in [1.165, 1.54) is 12.8 Å². The molecule has 1 aliphatic carbocycles. The maximum Gasteiger partial charge on any atom is 0.255 e. The molecule has 7 heteroatoms. The van der Waals surface area contributed by atoms with E-state index in [1.807, 2.05) is 0 Å². The number of piperidine rings is 1. The second-order valence-corrected chi connectivity index (χ2v) is 9.03. The van der Waals surface area contributed by atoms with E-state index in [0.29, 0.717) is 53.8 Å². The van der Waals surface area contributed by atoms with Gasteiger partial charge < -0.3 is 15.5 Å². The molecule has 168 valence electrons. The summed E-state index contributed by atoms with van der Waals surface area (Å²) in [4.78, 5) is 39.5. The lowest BCUT2D eigenvalue weighted by Crippen LogP contribution is -2.44. The molecule has 0 atom stereocenters. The summed E-state index contributed by atoms with van der Waals surface area (Å²) in [6.07, 6.45) is 5.94. The van der Waals surface area contributed by atoms with Crippen molar-refractivity contribution >= 4 is 35.0 Å². The van der Waals surface area contributed by atoms with Crippen molar-refractivity contribution < 1.29 is 14.4 Å². The Kier molecular flexibility index (Phi) is 7.10. The Hall–Kier alpha value is -2.86. The molecule has 2 aromatic carbocycles. The first-order chi connectivity index (χ1) is 15.5. The molecule has 4 rings (SSSR count). The SMILES string of the molecule is O=C(Nc1ccc(C(=O)N2CCC(C(=O)NC3CCCC3)CC2)cc1)c1ccc(Cl)cc1. The Balaban J connectivity index is 1.28. The van der Waals surface area contributed by atoms with Gasteiger partial charge in [-0.1, -0.05) is 24.4 Å². The predicted molar refractivity (Wildman–Crippen MR) is 125 cm³/mol.